The predicted molar refractivity (Wildman–Crippen MR) is 52.8 cm³/mol. The topological polar surface area (TPSA) is 30.7 Å². The molecular formula is C10H22NO2+. The van der Waals surface area contributed by atoms with E-state index in [2.05, 4.69) is 6.92 Å². The SMILES string of the molecule is CCCCCCOC(=O)C[NH+](C)C. The molecule has 1 N–H and O–H groups in total. The molecule has 0 amide bonds. The minimum atomic E-state index is -0.0866. The summed E-state index contributed by atoms with van der Waals surface area (Å²) in [5.74, 6) is -0.0866. The number of hydrogen-bond acceptors (Lipinski definition) is 2. The van der Waals surface area contributed by atoms with Gasteiger partial charge in [0, 0.05) is 0 Å². The molecule has 0 saturated carbocycles. The summed E-state index contributed by atoms with van der Waals surface area (Å²) in [4.78, 5) is 12.2. The lowest BCUT2D eigenvalue weighted by Crippen LogP contribution is -3.06. The highest BCUT2D eigenvalue weighted by Gasteiger charge is 2.05. The molecule has 0 heterocycles. The molecule has 3 nitrogen and oxygen atoms in total. The van der Waals surface area contributed by atoms with Gasteiger partial charge in [-0.2, -0.15) is 0 Å². The van der Waals surface area contributed by atoms with E-state index in [0.717, 1.165) is 11.3 Å². The Labute approximate surface area is 81.1 Å². The highest BCUT2D eigenvalue weighted by Crippen LogP contribution is 1.98. The lowest BCUT2D eigenvalue weighted by molar-refractivity contribution is -0.850. The largest absolute Gasteiger partial charge is 0.462 e. The molecule has 0 aromatic carbocycles. The third-order valence-corrected chi connectivity index (χ3v) is 1.76. The Morgan fingerprint density at radius 1 is 1.23 bits per heavy atom. The van der Waals surface area contributed by atoms with E-state index in [0.29, 0.717) is 13.2 Å². The maximum absolute atomic E-state index is 11.0. The highest BCUT2D eigenvalue weighted by atomic mass is 16.5. The number of rotatable bonds is 7. The zero-order chi connectivity index (χ0) is 10.1. The second kappa shape index (κ2) is 8.05. The number of ether oxygens (including phenoxy) is 1. The Bertz CT molecular complexity index is 135. The molecule has 78 valence electrons. The van der Waals surface area contributed by atoms with E-state index >= 15 is 0 Å². The number of hydrogen-bond donors (Lipinski definition) is 1. The van der Waals surface area contributed by atoms with Crippen LogP contribution in [-0.2, 0) is 9.53 Å². The normalized spacial score (nSPS) is 10.5. The third kappa shape index (κ3) is 9.34. The molecule has 0 aromatic heterocycles. The highest BCUT2D eigenvalue weighted by molar-refractivity contribution is 5.70. The van der Waals surface area contributed by atoms with E-state index in [-0.39, 0.29) is 5.97 Å². The molecular weight excluding hydrogens is 166 g/mol. The van der Waals surface area contributed by atoms with Crippen LogP contribution in [0.3, 0.4) is 0 Å². The quantitative estimate of drug-likeness (QED) is 0.459. The molecule has 13 heavy (non-hydrogen) atoms. The maximum Gasteiger partial charge on any atom is 0.361 e. The van der Waals surface area contributed by atoms with Crippen molar-refractivity contribution in [3.05, 3.63) is 0 Å². The molecule has 0 bridgehead atoms. The molecule has 0 fully saturated rings. The van der Waals surface area contributed by atoms with Gasteiger partial charge in [-0.1, -0.05) is 26.2 Å². The second-order valence-corrected chi connectivity index (χ2v) is 3.67. The van der Waals surface area contributed by atoms with Gasteiger partial charge in [0.2, 0.25) is 0 Å². The average Bonchev–Trinajstić information content (AvgIpc) is 2.02. The summed E-state index contributed by atoms with van der Waals surface area (Å²) < 4.78 is 5.04. The lowest BCUT2D eigenvalue weighted by Gasteiger charge is -2.07. The first-order valence-electron chi connectivity index (χ1n) is 5.11. The number of carbonyl (C=O) groups excluding carboxylic acids is 1. The van der Waals surface area contributed by atoms with Crippen LogP contribution in [0, 0.1) is 0 Å². The van der Waals surface area contributed by atoms with Crippen molar-refractivity contribution in [1.82, 2.24) is 0 Å². The van der Waals surface area contributed by atoms with Gasteiger partial charge in [-0.25, -0.2) is 4.79 Å². The Morgan fingerprint density at radius 3 is 2.46 bits per heavy atom. The Balaban J connectivity index is 3.17. The van der Waals surface area contributed by atoms with Crippen LogP contribution in [0.1, 0.15) is 32.6 Å². The number of likely N-dealkylation sites (N-methyl/N-ethyl adjacent to an activating group) is 1. The van der Waals surface area contributed by atoms with Crippen molar-refractivity contribution in [3.63, 3.8) is 0 Å². The molecule has 0 atom stereocenters. The number of carbonyl (C=O) groups is 1. The van der Waals surface area contributed by atoms with Gasteiger partial charge in [0.05, 0.1) is 20.7 Å². The summed E-state index contributed by atoms with van der Waals surface area (Å²) in [7, 11) is 3.89. The summed E-state index contributed by atoms with van der Waals surface area (Å²) >= 11 is 0. The average molecular weight is 188 g/mol. The standard InChI is InChI=1S/C10H21NO2/c1-4-5-6-7-8-13-10(12)9-11(2)3/h4-9H2,1-3H3/p+1. The van der Waals surface area contributed by atoms with Gasteiger partial charge in [0.1, 0.15) is 0 Å². The molecule has 0 saturated heterocycles. The van der Waals surface area contributed by atoms with Crippen LogP contribution in [0.25, 0.3) is 0 Å². The number of unbranched alkanes of at least 4 members (excludes halogenated alkanes) is 3. The van der Waals surface area contributed by atoms with E-state index in [1.807, 2.05) is 14.1 Å². The number of esters is 1. The van der Waals surface area contributed by atoms with E-state index in [1.165, 1.54) is 19.3 Å². The van der Waals surface area contributed by atoms with Gasteiger partial charge in [-0.05, 0) is 6.42 Å². The van der Waals surface area contributed by atoms with Crippen molar-refractivity contribution in [3.8, 4) is 0 Å². The van der Waals surface area contributed by atoms with Gasteiger partial charge >= 0.3 is 5.97 Å². The van der Waals surface area contributed by atoms with Crippen LogP contribution in [0.4, 0.5) is 0 Å². The first-order chi connectivity index (χ1) is 6.16. The molecule has 0 aliphatic rings. The van der Waals surface area contributed by atoms with E-state index in [4.69, 9.17) is 4.74 Å². The predicted octanol–water partition coefficient (Wildman–Crippen LogP) is 0.254. The van der Waals surface area contributed by atoms with Crippen LogP contribution in [0.2, 0.25) is 0 Å². The first kappa shape index (κ1) is 12.4. The molecule has 0 spiro atoms. The first-order valence-corrected chi connectivity index (χ1v) is 5.11. The van der Waals surface area contributed by atoms with Gasteiger partial charge in [0.15, 0.2) is 6.54 Å². The van der Waals surface area contributed by atoms with Crippen LogP contribution < -0.4 is 4.90 Å². The zero-order valence-electron chi connectivity index (χ0n) is 9.06. The van der Waals surface area contributed by atoms with Gasteiger partial charge < -0.3 is 9.64 Å². The maximum atomic E-state index is 11.0. The molecule has 0 aliphatic heterocycles. The van der Waals surface area contributed by atoms with Crippen LogP contribution in [-0.4, -0.2) is 33.2 Å². The van der Waals surface area contributed by atoms with Crippen LogP contribution in [0.15, 0.2) is 0 Å². The van der Waals surface area contributed by atoms with E-state index < -0.39 is 0 Å². The van der Waals surface area contributed by atoms with E-state index in [1.54, 1.807) is 0 Å². The molecule has 0 aromatic rings. The smallest absolute Gasteiger partial charge is 0.361 e. The summed E-state index contributed by atoms with van der Waals surface area (Å²) in [5, 5.41) is 0. The summed E-state index contributed by atoms with van der Waals surface area (Å²) in [5.41, 5.74) is 0. The Morgan fingerprint density at radius 2 is 1.92 bits per heavy atom. The molecule has 0 rings (SSSR count). The fraction of sp³-hybridized carbons (Fsp3) is 0.900. The third-order valence-electron chi connectivity index (χ3n) is 1.76. The summed E-state index contributed by atoms with van der Waals surface area (Å²) in [6.45, 7) is 3.22. The second-order valence-electron chi connectivity index (χ2n) is 3.67. The van der Waals surface area contributed by atoms with Crippen molar-refractivity contribution >= 4 is 5.97 Å². The minimum Gasteiger partial charge on any atom is -0.462 e. The zero-order valence-corrected chi connectivity index (χ0v) is 9.06. The fourth-order valence-corrected chi connectivity index (χ4v) is 1.05. The van der Waals surface area contributed by atoms with Gasteiger partial charge in [0.25, 0.3) is 0 Å². The van der Waals surface area contributed by atoms with Gasteiger partial charge in [-0.3, -0.25) is 0 Å². The van der Waals surface area contributed by atoms with Gasteiger partial charge in [-0.15, -0.1) is 0 Å². The van der Waals surface area contributed by atoms with Crippen molar-refractivity contribution in [1.29, 1.82) is 0 Å². The van der Waals surface area contributed by atoms with Crippen LogP contribution in [0.5, 0.6) is 0 Å². The summed E-state index contributed by atoms with van der Waals surface area (Å²) in [6.07, 6.45) is 4.62. The Hall–Kier alpha value is -0.570. The van der Waals surface area contributed by atoms with Crippen molar-refractivity contribution < 1.29 is 14.4 Å². The van der Waals surface area contributed by atoms with Crippen molar-refractivity contribution in [2.75, 3.05) is 27.2 Å². The Kier molecular flexibility index (Phi) is 7.69. The number of nitrogens with one attached hydrogen (secondary N) is 1. The lowest BCUT2D eigenvalue weighted by atomic mass is 10.2. The summed E-state index contributed by atoms with van der Waals surface area (Å²) in [6, 6.07) is 0. The van der Waals surface area contributed by atoms with Crippen molar-refractivity contribution in [2.45, 2.75) is 32.6 Å². The molecule has 3 heteroatoms. The number of quaternary nitrogens is 1. The van der Waals surface area contributed by atoms with E-state index in [9.17, 15) is 4.79 Å². The molecule has 0 radical (unpaired) electrons. The monoisotopic (exact) mass is 188 g/mol. The fourth-order valence-electron chi connectivity index (χ4n) is 1.05. The van der Waals surface area contributed by atoms with Crippen LogP contribution >= 0.6 is 0 Å². The molecule has 0 unspecified atom stereocenters. The minimum absolute atomic E-state index is 0.0866. The van der Waals surface area contributed by atoms with Crippen molar-refractivity contribution in [2.24, 2.45) is 0 Å². The molecule has 0 aliphatic carbocycles.